The molecule has 1 aromatic carbocycles. The van der Waals surface area contributed by atoms with E-state index in [-0.39, 0.29) is 18.6 Å². The Morgan fingerprint density at radius 1 is 1.33 bits per heavy atom. The van der Waals surface area contributed by atoms with Gasteiger partial charge in [0.25, 0.3) is 5.91 Å². The second-order valence-corrected chi connectivity index (χ2v) is 7.61. The van der Waals surface area contributed by atoms with Crippen molar-refractivity contribution in [3.63, 3.8) is 0 Å². The maximum Gasteiger partial charge on any atom is 0.261 e. The van der Waals surface area contributed by atoms with Gasteiger partial charge in [0.05, 0.1) is 11.6 Å². The lowest BCUT2D eigenvalue weighted by Crippen LogP contribution is -2.34. The van der Waals surface area contributed by atoms with Crippen LogP contribution >= 0.6 is 11.3 Å². The van der Waals surface area contributed by atoms with Gasteiger partial charge in [-0.05, 0) is 55.8 Å². The Morgan fingerprint density at radius 2 is 2.08 bits per heavy atom. The average Bonchev–Trinajstić information content (AvgIpc) is 3.22. The largest absolute Gasteiger partial charge is 0.484 e. The number of rotatable bonds is 5. The lowest BCUT2D eigenvalue weighted by Gasteiger charge is -2.24. The molecule has 1 aliphatic rings. The molecule has 1 amide bonds. The third kappa shape index (κ3) is 3.79. The van der Waals surface area contributed by atoms with Gasteiger partial charge in [-0.3, -0.25) is 4.79 Å². The van der Waals surface area contributed by atoms with E-state index in [1.54, 1.807) is 37.3 Å². The van der Waals surface area contributed by atoms with E-state index in [1.807, 2.05) is 23.1 Å². The van der Waals surface area contributed by atoms with Crippen molar-refractivity contribution in [2.24, 2.45) is 0 Å². The predicted molar refractivity (Wildman–Crippen MR) is 95.2 cm³/mol. The summed E-state index contributed by atoms with van der Waals surface area (Å²) in [6, 6.07) is 11.6. The van der Waals surface area contributed by atoms with Crippen LogP contribution in [0.15, 0.2) is 41.8 Å². The van der Waals surface area contributed by atoms with E-state index >= 15 is 0 Å². The second kappa shape index (κ2) is 6.95. The van der Waals surface area contributed by atoms with Gasteiger partial charge in [0, 0.05) is 11.4 Å². The molecule has 0 spiro atoms. The van der Waals surface area contributed by atoms with E-state index in [0.717, 1.165) is 24.9 Å². The molecule has 5 heteroatoms. The zero-order valence-corrected chi connectivity index (χ0v) is 14.9. The van der Waals surface area contributed by atoms with Crippen molar-refractivity contribution in [3.8, 4) is 5.75 Å². The van der Waals surface area contributed by atoms with Crippen LogP contribution in [0, 0.1) is 0 Å². The van der Waals surface area contributed by atoms with E-state index in [9.17, 15) is 9.90 Å². The van der Waals surface area contributed by atoms with E-state index in [1.165, 1.54) is 4.88 Å². The minimum Gasteiger partial charge on any atom is -0.484 e. The fourth-order valence-corrected chi connectivity index (χ4v) is 3.90. The number of amides is 1. The van der Waals surface area contributed by atoms with E-state index in [2.05, 4.69) is 11.4 Å². The highest BCUT2D eigenvalue weighted by atomic mass is 32.1. The van der Waals surface area contributed by atoms with Crippen LogP contribution < -0.4 is 4.74 Å². The molecule has 1 aromatic heterocycles. The molecule has 2 aromatic rings. The summed E-state index contributed by atoms with van der Waals surface area (Å²) in [5.74, 6) is 0.667. The van der Waals surface area contributed by atoms with Gasteiger partial charge in [-0.1, -0.05) is 18.2 Å². The van der Waals surface area contributed by atoms with Crippen LogP contribution in [0.2, 0.25) is 0 Å². The Labute approximate surface area is 146 Å². The quantitative estimate of drug-likeness (QED) is 0.898. The third-order valence-electron chi connectivity index (χ3n) is 4.37. The first-order chi connectivity index (χ1) is 11.4. The van der Waals surface area contributed by atoms with Gasteiger partial charge in [-0.15, -0.1) is 11.3 Å². The van der Waals surface area contributed by atoms with Crippen LogP contribution in [0.1, 0.15) is 43.2 Å². The summed E-state index contributed by atoms with van der Waals surface area (Å²) in [6.07, 6.45) is 2.06. The molecule has 0 aliphatic carbocycles. The molecule has 1 aliphatic heterocycles. The molecule has 3 rings (SSSR count). The number of carbonyl (C=O) groups excluding carboxylic acids is 1. The minimum absolute atomic E-state index is 0.0254. The van der Waals surface area contributed by atoms with Crippen LogP contribution in [0.5, 0.6) is 5.75 Å². The van der Waals surface area contributed by atoms with Crippen molar-refractivity contribution >= 4 is 17.2 Å². The Bertz CT molecular complexity index is 674. The molecule has 1 saturated heterocycles. The normalized spacial score (nSPS) is 18.0. The van der Waals surface area contributed by atoms with Gasteiger partial charge in [0.1, 0.15) is 5.75 Å². The number of likely N-dealkylation sites (tertiary alicyclic amines) is 1. The molecular weight excluding hydrogens is 322 g/mol. The number of thiophene rings is 1. The van der Waals surface area contributed by atoms with E-state index in [0.29, 0.717) is 5.75 Å². The SMILES string of the molecule is CC(C)(O)c1ccc(OCC(=O)N2CCCC2c2cccs2)cc1. The van der Waals surface area contributed by atoms with Crippen LogP contribution in [0.4, 0.5) is 0 Å². The number of benzene rings is 1. The Kier molecular flexibility index (Phi) is 4.92. The number of aliphatic hydroxyl groups is 1. The minimum atomic E-state index is -0.877. The zero-order valence-electron chi connectivity index (χ0n) is 14.1. The number of carbonyl (C=O) groups is 1. The smallest absolute Gasteiger partial charge is 0.261 e. The summed E-state index contributed by atoms with van der Waals surface area (Å²) < 4.78 is 5.64. The van der Waals surface area contributed by atoms with Gasteiger partial charge < -0.3 is 14.7 Å². The highest BCUT2D eigenvalue weighted by molar-refractivity contribution is 7.10. The fourth-order valence-electron chi connectivity index (χ4n) is 3.03. The molecule has 128 valence electrons. The standard InChI is InChI=1S/C19H23NO3S/c1-19(2,22)14-7-9-15(10-8-14)23-13-18(21)20-11-3-5-16(20)17-6-4-12-24-17/h4,6-10,12,16,22H,3,5,11,13H2,1-2H3. The van der Waals surface area contributed by atoms with Crippen molar-refractivity contribution in [1.29, 1.82) is 0 Å². The molecule has 1 fully saturated rings. The van der Waals surface area contributed by atoms with Crippen molar-refractivity contribution in [3.05, 3.63) is 52.2 Å². The fraction of sp³-hybridized carbons (Fsp3) is 0.421. The van der Waals surface area contributed by atoms with Crippen molar-refractivity contribution < 1.29 is 14.6 Å². The van der Waals surface area contributed by atoms with Gasteiger partial charge in [0.2, 0.25) is 0 Å². The maximum atomic E-state index is 12.5. The summed E-state index contributed by atoms with van der Waals surface area (Å²) in [5.41, 5.74) is -0.0591. The van der Waals surface area contributed by atoms with Gasteiger partial charge >= 0.3 is 0 Å². The summed E-state index contributed by atoms with van der Waals surface area (Å²) in [7, 11) is 0. The first kappa shape index (κ1) is 17.0. The van der Waals surface area contributed by atoms with Crippen molar-refractivity contribution in [1.82, 2.24) is 4.90 Å². The first-order valence-electron chi connectivity index (χ1n) is 8.24. The topological polar surface area (TPSA) is 49.8 Å². The molecular formula is C19H23NO3S. The molecule has 24 heavy (non-hydrogen) atoms. The first-order valence-corrected chi connectivity index (χ1v) is 9.12. The van der Waals surface area contributed by atoms with Gasteiger partial charge in [0.15, 0.2) is 6.61 Å². The number of ether oxygens (including phenoxy) is 1. The molecule has 0 bridgehead atoms. The number of nitrogens with zero attached hydrogens (tertiary/aromatic N) is 1. The Morgan fingerprint density at radius 3 is 2.71 bits per heavy atom. The monoisotopic (exact) mass is 345 g/mol. The van der Waals surface area contributed by atoms with E-state index in [4.69, 9.17) is 4.74 Å². The van der Waals surface area contributed by atoms with Crippen molar-refractivity contribution in [2.45, 2.75) is 38.3 Å². The number of hydrogen-bond donors (Lipinski definition) is 1. The molecule has 2 heterocycles. The molecule has 0 radical (unpaired) electrons. The van der Waals surface area contributed by atoms with Crippen LogP contribution in [-0.2, 0) is 10.4 Å². The zero-order chi connectivity index (χ0) is 17.2. The van der Waals surface area contributed by atoms with Crippen LogP contribution in [-0.4, -0.2) is 29.1 Å². The van der Waals surface area contributed by atoms with Crippen molar-refractivity contribution in [2.75, 3.05) is 13.2 Å². The summed E-state index contributed by atoms with van der Waals surface area (Å²) in [4.78, 5) is 15.7. The average molecular weight is 345 g/mol. The Balaban J connectivity index is 1.59. The number of hydrogen-bond acceptors (Lipinski definition) is 4. The molecule has 1 unspecified atom stereocenters. The molecule has 0 saturated carbocycles. The summed E-state index contributed by atoms with van der Waals surface area (Å²) in [5, 5.41) is 12.0. The Hall–Kier alpha value is -1.85. The third-order valence-corrected chi connectivity index (χ3v) is 5.34. The second-order valence-electron chi connectivity index (χ2n) is 6.63. The summed E-state index contributed by atoms with van der Waals surface area (Å²) in [6.45, 7) is 4.32. The van der Waals surface area contributed by atoms with Gasteiger partial charge in [-0.2, -0.15) is 0 Å². The van der Waals surface area contributed by atoms with Gasteiger partial charge in [-0.25, -0.2) is 0 Å². The molecule has 1 atom stereocenters. The van der Waals surface area contributed by atoms with Crippen LogP contribution in [0.25, 0.3) is 0 Å². The summed E-state index contributed by atoms with van der Waals surface area (Å²) >= 11 is 1.70. The molecule has 4 nitrogen and oxygen atoms in total. The predicted octanol–water partition coefficient (Wildman–Crippen LogP) is 3.72. The van der Waals surface area contributed by atoms with Crippen LogP contribution in [0.3, 0.4) is 0 Å². The molecule has 1 N–H and O–H groups in total. The highest BCUT2D eigenvalue weighted by Gasteiger charge is 2.30. The lowest BCUT2D eigenvalue weighted by molar-refractivity contribution is -0.134. The maximum absolute atomic E-state index is 12.5. The highest BCUT2D eigenvalue weighted by Crippen LogP contribution is 2.34. The lowest BCUT2D eigenvalue weighted by atomic mass is 9.99. The van der Waals surface area contributed by atoms with E-state index < -0.39 is 5.60 Å².